The summed E-state index contributed by atoms with van der Waals surface area (Å²) >= 11 is 6.12. The first-order chi connectivity index (χ1) is 12.2. The number of benzene rings is 2. The number of hydrogen-bond donors (Lipinski definition) is 1. The molecule has 1 aromatic heterocycles. The Morgan fingerprint density at radius 2 is 1.80 bits per heavy atom. The third-order valence-corrected chi connectivity index (χ3v) is 4.43. The maximum atomic E-state index is 12.3. The highest BCUT2D eigenvalue weighted by atomic mass is 35.5. The van der Waals surface area contributed by atoms with Gasteiger partial charge in [0.2, 0.25) is 5.91 Å². The van der Waals surface area contributed by atoms with Gasteiger partial charge in [0, 0.05) is 11.1 Å². The predicted octanol–water partition coefficient (Wildman–Crippen LogP) is 4.33. The molecular weight excluding hydrogens is 334 g/mol. The summed E-state index contributed by atoms with van der Waals surface area (Å²) in [5.41, 5.74) is 3.25. The SMILES string of the molecule is CCc1ccc(Cn2nccc2NC(=O)Cc2ccccc2Cl)cc1. The average molecular weight is 354 g/mol. The van der Waals surface area contributed by atoms with Gasteiger partial charge in [0.25, 0.3) is 0 Å². The number of anilines is 1. The van der Waals surface area contributed by atoms with E-state index in [1.165, 1.54) is 5.56 Å². The molecule has 3 aromatic rings. The maximum absolute atomic E-state index is 12.3. The van der Waals surface area contributed by atoms with E-state index in [1.807, 2.05) is 18.2 Å². The van der Waals surface area contributed by atoms with E-state index in [2.05, 4.69) is 41.6 Å². The van der Waals surface area contributed by atoms with Gasteiger partial charge < -0.3 is 5.32 Å². The van der Waals surface area contributed by atoms with Crippen molar-refractivity contribution >= 4 is 23.3 Å². The number of rotatable bonds is 6. The zero-order chi connectivity index (χ0) is 17.6. The second kappa shape index (κ2) is 7.99. The fourth-order valence-electron chi connectivity index (χ4n) is 2.62. The van der Waals surface area contributed by atoms with Gasteiger partial charge in [-0.05, 0) is 29.2 Å². The third kappa shape index (κ3) is 4.48. The highest BCUT2D eigenvalue weighted by Gasteiger charge is 2.10. The van der Waals surface area contributed by atoms with Crippen LogP contribution in [0.2, 0.25) is 5.02 Å². The molecule has 0 bridgehead atoms. The Bertz CT molecular complexity index is 855. The number of nitrogens with zero attached hydrogens (tertiary/aromatic N) is 2. The summed E-state index contributed by atoms with van der Waals surface area (Å²) < 4.78 is 1.78. The maximum Gasteiger partial charge on any atom is 0.229 e. The van der Waals surface area contributed by atoms with Crippen molar-refractivity contribution in [2.45, 2.75) is 26.3 Å². The number of carbonyl (C=O) groups is 1. The molecule has 0 aliphatic rings. The van der Waals surface area contributed by atoms with E-state index >= 15 is 0 Å². The molecule has 0 fully saturated rings. The highest BCUT2D eigenvalue weighted by Crippen LogP contribution is 2.17. The molecule has 0 atom stereocenters. The van der Waals surface area contributed by atoms with Gasteiger partial charge >= 0.3 is 0 Å². The predicted molar refractivity (Wildman–Crippen MR) is 101 cm³/mol. The Balaban J connectivity index is 1.66. The molecule has 128 valence electrons. The van der Waals surface area contributed by atoms with Crippen molar-refractivity contribution in [3.8, 4) is 0 Å². The average Bonchev–Trinajstić information content (AvgIpc) is 3.04. The van der Waals surface area contributed by atoms with Crippen LogP contribution in [0.25, 0.3) is 0 Å². The summed E-state index contributed by atoms with van der Waals surface area (Å²) in [7, 11) is 0. The Hall–Kier alpha value is -2.59. The van der Waals surface area contributed by atoms with Crippen molar-refractivity contribution in [2.24, 2.45) is 0 Å². The van der Waals surface area contributed by atoms with Gasteiger partial charge in [-0.3, -0.25) is 4.79 Å². The molecule has 0 aliphatic heterocycles. The quantitative estimate of drug-likeness (QED) is 0.717. The zero-order valence-corrected chi connectivity index (χ0v) is 14.8. The number of hydrogen-bond acceptors (Lipinski definition) is 2. The summed E-state index contributed by atoms with van der Waals surface area (Å²) in [6, 6.07) is 17.6. The van der Waals surface area contributed by atoms with Crippen LogP contribution in [-0.4, -0.2) is 15.7 Å². The fourth-order valence-corrected chi connectivity index (χ4v) is 2.82. The minimum Gasteiger partial charge on any atom is -0.311 e. The minimum absolute atomic E-state index is 0.115. The van der Waals surface area contributed by atoms with Gasteiger partial charge in [-0.25, -0.2) is 4.68 Å². The van der Waals surface area contributed by atoms with Crippen molar-refractivity contribution in [1.82, 2.24) is 9.78 Å². The Morgan fingerprint density at radius 3 is 2.52 bits per heavy atom. The lowest BCUT2D eigenvalue weighted by molar-refractivity contribution is -0.115. The molecule has 5 heteroatoms. The molecule has 1 N–H and O–H groups in total. The van der Waals surface area contributed by atoms with E-state index in [4.69, 9.17) is 11.6 Å². The van der Waals surface area contributed by atoms with E-state index in [1.54, 1.807) is 23.0 Å². The van der Waals surface area contributed by atoms with Crippen molar-refractivity contribution in [3.63, 3.8) is 0 Å². The standard InChI is InChI=1S/C20H20ClN3O/c1-2-15-7-9-16(10-8-15)14-24-19(11-12-22-24)23-20(25)13-17-5-3-4-6-18(17)21/h3-12H,2,13-14H2,1H3,(H,23,25). The summed E-state index contributed by atoms with van der Waals surface area (Å²) in [5, 5.41) is 7.82. The number of aryl methyl sites for hydroxylation is 1. The molecular formula is C20H20ClN3O. The van der Waals surface area contributed by atoms with Crippen LogP contribution in [0.1, 0.15) is 23.6 Å². The molecule has 3 rings (SSSR count). The summed E-state index contributed by atoms with van der Waals surface area (Å²) in [5.74, 6) is 0.563. The zero-order valence-electron chi connectivity index (χ0n) is 14.1. The highest BCUT2D eigenvalue weighted by molar-refractivity contribution is 6.31. The molecule has 1 amide bonds. The normalized spacial score (nSPS) is 10.6. The number of halogens is 1. The lowest BCUT2D eigenvalue weighted by atomic mass is 10.1. The first-order valence-corrected chi connectivity index (χ1v) is 8.66. The van der Waals surface area contributed by atoms with Crippen LogP contribution in [-0.2, 0) is 24.2 Å². The number of nitrogens with one attached hydrogen (secondary N) is 1. The lowest BCUT2D eigenvalue weighted by Crippen LogP contribution is -2.18. The Morgan fingerprint density at radius 1 is 1.08 bits per heavy atom. The second-order valence-electron chi connectivity index (χ2n) is 5.86. The molecule has 0 saturated carbocycles. The summed E-state index contributed by atoms with van der Waals surface area (Å²) in [4.78, 5) is 12.3. The second-order valence-corrected chi connectivity index (χ2v) is 6.27. The molecule has 25 heavy (non-hydrogen) atoms. The van der Waals surface area contributed by atoms with Crippen LogP contribution in [0.5, 0.6) is 0 Å². The van der Waals surface area contributed by atoms with E-state index in [-0.39, 0.29) is 12.3 Å². The summed E-state index contributed by atoms with van der Waals surface area (Å²) in [6.45, 7) is 2.74. The van der Waals surface area contributed by atoms with Crippen molar-refractivity contribution in [1.29, 1.82) is 0 Å². The van der Waals surface area contributed by atoms with Crippen LogP contribution in [0, 0.1) is 0 Å². The number of aromatic nitrogens is 2. The van der Waals surface area contributed by atoms with E-state index in [9.17, 15) is 4.79 Å². The first-order valence-electron chi connectivity index (χ1n) is 8.28. The molecule has 0 saturated heterocycles. The van der Waals surface area contributed by atoms with Crippen molar-refractivity contribution in [2.75, 3.05) is 5.32 Å². The summed E-state index contributed by atoms with van der Waals surface area (Å²) in [6.07, 6.45) is 2.94. The van der Waals surface area contributed by atoms with Gasteiger partial charge in [-0.1, -0.05) is 61.0 Å². The van der Waals surface area contributed by atoms with Gasteiger partial charge in [-0.2, -0.15) is 5.10 Å². The van der Waals surface area contributed by atoms with Crippen LogP contribution in [0.4, 0.5) is 5.82 Å². The molecule has 0 radical (unpaired) electrons. The smallest absolute Gasteiger partial charge is 0.229 e. The fraction of sp³-hybridized carbons (Fsp3) is 0.200. The molecule has 1 heterocycles. The minimum atomic E-state index is -0.115. The van der Waals surface area contributed by atoms with Crippen LogP contribution in [0.3, 0.4) is 0 Å². The van der Waals surface area contributed by atoms with E-state index in [0.29, 0.717) is 17.4 Å². The number of carbonyl (C=O) groups excluding carboxylic acids is 1. The van der Waals surface area contributed by atoms with Gasteiger partial charge in [0.1, 0.15) is 5.82 Å². The Kier molecular flexibility index (Phi) is 5.51. The molecule has 4 nitrogen and oxygen atoms in total. The van der Waals surface area contributed by atoms with Crippen LogP contribution < -0.4 is 5.32 Å². The lowest BCUT2D eigenvalue weighted by Gasteiger charge is -2.10. The van der Waals surface area contributed by atoms with Crippen molar-refractivity contribution < 1.29 is 4.79 Å². The van der Waals surface area contributed by atoms with Crippen molar-refractivity contribution in [3.05, 3.63) is 82.5 Å². The van der Waals surface area contributed by atoms with E-state index < -0.39 is 0 Å². The molecule has 2 aromatic carbocycles. The van der Waals surface area contributed by atoms with Gasteiger partial charge in [-0.15, -0.1) is 0 Å². The van der Waals surface area contributed by atoms with Gasteiger partial charge in [0.15, 0.2) is 0 Å². The number of amides is 1. The molecule has 0 aliphatic carbocycles. The Labute approximate surface area is 152 Å². The van der Waals surface area contributed by atoms with Gasteiger partial charge in [0.05, 0.1) is 19.2 Å². The third-order valence-electron chi connectivity index (χ3n) is 4.06. The van der Waals surface area contributed by atoms with Crippen LogP contribution >= 0.6 is 11.6 Å². The molecule has 0 spiro atoms. The molecule has 0 unspecified atom stereocenters. The first kappa shape index (κ1) is 17.2. The largest absolute Gasteiger partial charge is 0.311 e. The van der Waals surface area contributed by atoms with E-state index in [0.717, 1.165) is 17.5 Å². The topological polar surface area (TPSA) is 46.9 Å². The monoisotopic (exact) mass is 353 g/mol. The van der Waals surface area contributed by atoms with Crippen LogP contribution in [0.15, 0.2) is 60.8 Å².